The first kappa shape index (κ1) is 18.6. The Bertz CT molecular complexity index is 915. The van der Waals surface area contributed by atoms with Crippen LogP contribution in [0.5, 0.6) is 0 Å². The molecule has 0 amide bonds. The molecule has 0 aliphatic carbocycles. The quantitative estimate of drug-likeness (QED) is 0.672. The molecule has 0 bridgehead atoms. The molecule has 0 N–H and O–H groups in total. The minimum Gasteiger partial charge on any atom is -0.486 e. The Morgan fingerprint density at radius 2 is 1.92 bits per heavy atom. The molecular weight excluding hydrogens is 383 g/mol. The third kappa shape index (κ3) is 3.97. The number of nitrogens with zero attached hydrogens (tertiary/aromatic N) is 3. The number of anilines is 1. The molecule has 0 radical (unpaired) electrons. The van der Waals surface area contributed by atoms with E-state index in [2.05, 4.69) is 9.97 Å². The van der Waals surface area contributed by atoms with Crippen LogP contribution in [0.25, 0.3) is 0 Å². The van der Waals surface area contributed by atoms with E-state index >= 15 is 0 Å². The van der Waals surface area contributed by atoms with Crippen molar-refractivity contribution in [3.63, 3.8) is 0 Å². The molecule has 3 heterocycles. The molecular formula is C18H15Cl2F2N3O. The first-order valence-corrected chi connectivity index (χ1v) is 8.50. The predicted molar refractivity (Wildman–Crippen MR) is 96.9 cm³/mol. The zero-order chi connectivity index (χ0) is 18.8. The van der Waals surface area contributed by atoms with Crippen LogP contribution >= 0.6 is 23.2 Å². The van der Waals surface area contributed by atoms with E-state index in [1.54, 1.807) is 18.3 Å². The fourth-order valence-corrected chi connectivity index (χ4v) is 2.94. The molecule has 1 aliphatic rings. The van der Waals surface area contributed by atoms with E-state index in [4.69, 9.17) is 27.9 Å². The Hall–Kier alpha value is -2.18. The van der Waals surface area contributed by atoms with E-state index in [0.29, 0.717) is 22.5 Å². The standard InChI is InChI=1S/C18H15Cl2F2N3O/c1-10-6-24-18(20)5-16(10)25-8-13(19)17(3-11(25)2)26-9-15-14(22)4-12(21)7-23-15/h3-7H,8-9H2,1-2H3. The molecule has 26 heavy (non-hydrogen) atoms. The van der Waals surface area contributed by atoms with Crippen LogP contribution in [0.2, 0.25) is 5.15 Å². The summed E-state index contributed by atoms with van der Waals surface area (Å²) < 4.78 is 32.2. The fraction of sp³-hybridized carbons (Fsp3) is 0.222. The molecule has 8 heteroatoms. The van der Waals surface area contributed by atoms with Crippen molar-refractivity contribution >= 4 is 28.9 Å². The van der Waals surface area contributed by atoms with Crippen LogP contribution in [0.15, 0.2) is 47.1 Å². The molecule has 0 spiro atoms. The molecule has 0 atom stereocenters. The summed E-state index contributed by atoms with van der Waals surface area (Å²) in [6.07, 6.45) is 4.38. The summed E-state index contributed by atoms with van der Waals surface area (Å²) in [5.41, 5.74) is 2.73. The zero-order valence-corrected chi connectivity index (χ0v) is 15.6. The van der Waals surface area contributed by atoms with E-state index in [1.807, 2.05) is 18.7 Å². The number of hydrogen-bond acceptors (Lipinski definition) is 4. The van der Waals surface area contributed by atoms with Crippen molar-refractivity contribution in [2.75, 3.05) is 11.4 Å². The second-order valence-electron chi connectivity index (χ2n) is 5.81. The van der Waals surface area contributed by atoms with Gasteiger partial charge in [0, 0.05) is 29.7 Å². The monoisotopic (exact) mass is 397 g/mol. The Balaban J connectivity index is 1.78. The average molecular weight is 398 g/mol. The average Bonchev–Trinajstić information content (AvgIpc) is 2.59. The summed E-state index contributed by atoms with van der Waals surface area (Å²) in [5.74, 6) is -1.08. The van der Waals surface area contributed by atoms with Crippen molar-refractivity contribution in [1.29, 1.82) is 0 Å². The molecule has 4 nitrogen and oxygen atoms in total. The van der Waals surface area contributed by atoms with Crippen LogP contribution < -0.4 is 4.90 Å². The van der Waals surface area contributed by atoms with Crippen molar-refractivity contribution in [2.24, 2.45) is 0 Å². The molecule has 0 fully saturated rings. The van der Waals surface area contributed by atoms with E-state index in [1.165, 1.54) is 0 Å². The van der Waals surface area contributed by atoms with Gasteiger partial charge >= 0.3 is 0 Å². The fourth-order valence-electron chi connectivity index (χ4n) is 2.56. The van der Waals surface area contributed by atoms with Gasteiger partial charge in [-0.25, -0.2) is 13.8 Å². The third-order valence-electron chi connectivity index (χ3n) is 3.91. The van der Waals surface area contributed by atoms with E-state index < -0.39 is 11.6 Å². The first-order chi connectivity index (χ1) is 12.3. The Morgan fingerprint density at radius 1 is 1.15 bits per heavy atom. The van der Waals surface area contributed by atoms with Crippen LogP contribution in [-0.2, 0) is 11.3 Å². The van der Waals surface area contributed by atoms with Gasteiger partial charge in [0.1, 0.15) is 29.0 Å². The van der Waals surface area contributed by atoms with E-state index in [0.717, 1.165) is 29.2 Å². The van der Waals surface area contributed by atoms with Crippen molar-refractivity contribution in [3.05, 3.63) is 75.1 Å². The minimum absolute atomic E-state index is 0.00797. The smallest absolute Gasteiger partial charge is 0.151 e. The molecule has 2 aromatic heterocycles. The number of halogens is 4. The van der Waals surface area contributed by atoms with Gasteiger partial charge in [0.15, 0.2) is 5.82 Å². The van der Waals surface area contributed by atoms with Crippen molar-refractivity contribution in [2.45, 2.75) is 20.5 Å². The van der Waals surface area contributed by atoms with Gasteiger partial charge in [-0.3, -0.25) is 4.98 Å². The van der Waals surface area contributed by atoms with E-state index in [9.17, 15) is 8.78 Å². The molecule has 0 saturated carbocycles. The molecule has 1 aliphatic heterocycles. The number of allylic oxidation sites excluding steroid dienone is 2. The van der Waals surface area contributed by atoms with Gasteiger partial charge in [0.25, 0.3) is 0 Å². The minimum atomic E-state index is -0.762. The molecule has 136 valence electrons. The highest BCUT2D eigenvalue weighted by atomic mass is 35.5. The maximum atomic E-state index is 13.7. The molecule has 0 aromatic carbocycles. The van der Waals surface area contributed by atoms with Crippen molar-refractivity contribution in [3.8, 4) is 0 Å². The maximum Gasteiger partial charge on any atom is 0.151 e. The van der Waals surface area contributed by atoms with E-state index in [-0.39, 0.29) is 12.3 Å². The molecule has 0 saturated heterocycles. The molecule has 0 unspecified atom stereocenters. The topological polar surface area (TPSA) is 38.2 Å². The van der Waals surface area contributed by atoms with Crippen LogP contribution in [0.4, 0.5) is 14.5 Å². The van der Waals surface area contributed by atoms with Gasteiger partial charge in [0.05, 0.1) is 17.8 Å². The number of hydrogen-bond donors (Lipinski definition) is 0. The number of aryl methyl sites for hydroxylation is 1. The number of ether oxygens (including phenoxy) is 1. The predicted octanol–water partition coefficient (Wildman–Crippen LogP) is 5.11. The Morgan fingerprint density at radius 3 is 2.65 bits per heavy atom. The zero-order valence-electron chi connectivity index (χ0n) is 14.1. The second-order valence-corrected chi connectivity index (χ2v) is 6.65. The van der Waals surface area contributed by atoms with Crippen LogP contribution in [0, 0.1) is 18.6 Å². The van der Waals surface area contributed by atoms with Crippen LogP contribution in [-0.4, -0.2) is 16.5 Å². The molecule has 3 rings (SSSR count). The summed E-state index contributed by atoms with van der Waals surface area (Å²) in [4.78, 5) is 9.73. The summed E-state index contributed by atoms with van der Waals surface area (Å²) in [5, 5.41) is 0.837. The molecule has 2 aromatic rings. The van der Waals surface area contributed by atoms with Gasteiger partial charge in [-0.05, 0) is 25.5 Å². The van der Waals surface area contributed by atoms with Crippen LogP contribution in [0.1, 0.15) is 18.2 Å². The van der Waals surface area contributed by atoms with Gasteiger partial charge in [0.2, 0.25) is 0 Å². The van der Waals surface area contributed by atoms with Crippen LogP contribution in [0.3, 0.4) is 0 Å². The highest BCUT2D eigenvalue weighted by Crippen LogP contribution is 2.32. The summed E-state index contributed by atoms with van der Waals surface area (Å²) in [7, 11) is 0. The van der Waals surface area contributed by atoms with Crippen molar-refractivity contribution in [1.82, 2.24) is 9.97 Å². The highest BCUT2D eigenvalue weighted by molar-refractivity contribution is 6.31. The largest absolute Gasteiger partial charge is 0.486 e. The summed E-state index contributed by atoms with van der Waals surface area (Å²) in [6, 6.07) is 2.53. The summed E-state index contributed by atoms with van der Waals surface area (Å²) >= 11 is 12.4. The van der Waals surface area contributed by atoms with Gasteiger partial charge in [-0.15, -0.1) is 0 Å². The van der Waals surface area contributed by atoms with Gasteiger partial charge in [-0.2, -0.15) is 0 Å². The summed E-state index contributed by atoms with van der Waals surface area (Å²) in [6.45, 7) is 4.05. The highest BCUT2D eigenvalue weighted by Gasteiger charge is 2.21. The maximum absolute atomic E-state index is 13.7. The third-order valence-corrected chi connectivity index (χ3v) is 4.42. The second kappa shape index (κ2) is 7.60. The lowest BCUT2D eigenvalue weighted by Gasteiger charge is -2.30. The number of rotatable bonds is 4. The van der Waals surface area contributed by atoms with Gasteiger partial charge in [-0.1, -0.05) is 23.2 Å². The van der Waals surface area contributed by atoms with Gasteiger partial charge < -0.3 is 9.64 Å². The lowest BCUT2D eigenvalue weighted by atomic mass is 10.1. The number of pyridine rings is 2. The normalized spacial score (nSPS) is 14.5. The number of aromatic nitrogens is 2. The lowest BCUT2D eigenvalue weighted by molar-refractivity contribution is 0.200. The lowest BCUT2D eigenvalue weighted by Crippen LogP contribution is -2.27. The SMILES string of the molecule is CC1=CC(OCc2ncc(F)cc2F)=C(Cl)CN1c1cc(Cl)ncc1C. The van der Waals surface area contributed by atoms with Crippen molar-refractivity contribution < 1.29 is 13.5 Å². The first-order valence-electron chi connectivity index (χ1n) is 7.74. The Kier molecular flexibility index (Phi) is 5.44. The Labute approximate surface area is 159 Å².